The van der Waals surface area contributed by atoms with Crippen LogP contribution in [0.25, 0.3) is 0 Å². The maximum absolute atomic E-state index is 4.42. The van der Waals surface area contributed by atoms with Gasteiger partial charge in [0, 0.05) is 13.6 Å². The molecule has 0 aromatic carbocycles. The van der Waals surface area contributed by atoms with Gasteiger partial charge in [-0.15, -0.1) is 0 Å². The monoisotopic (exact) mass is 227 g/mol. The lowest BCUT2D eigenvalue weighted by molar-refractivity contribution is 0.619. The molecule has 0 unspecified atom stereocenters. The molecule has 0 aliphatic heterocycles. The summed E-state index contributed by atoms with van der Waals surface area (Å²) < 4.78 is 1.97. The van der Waals surface area contributed by atoms with E-state index in [1.165, 1.54) is 23.6 Å². The summed E-state index contributed by atoms with van der Waals surface area (Å²) >= 11 is 1.90. The van der Waals surface area contributed by atoms with E-state index in [1.807, 2.05) is 23.5 Å². The van der Waals surface area contributed by atoms with Crippen LogP contribution in [0.3, 0.4) is 0 Å². The van der Waals surface area contributed by atoms with Crippen LogP contribution in [0.4, 0.5) is 0 Å². The van der Waals surface area contributed by atoms with Gasteiger partial charge in [-0.05, 0) is 37.5 Å². The van der Waals surface area contributed by atoms with Gasteiger partial charge in [-0.1, -0.05) is 6.92 Å². The molecule has 0 saturated carbocycles. The number of hydrogen-bond acceptors (Lipinski definition) is 3. The minimum Gasteiger partial charge on any atom is -0.311 e. The number of hydrogen-bond donors (Lipinski definition) is 1. The second kappa shape index (κ2) is 6.90. The summed E-state index contributed by atoms with van der Waals surface area (Å²) in [5.41, 5.74) is 2.45. The van der Waals surface area contributed by atoms with Gasteiger partial charge in [0.15, 0.2) is 0 Å². The first-order valence-electron chi connectivity index (χ1n) is 5.49. The third kappa shape index (κ3) is 4.26. The molecule has 0 radical (unpaired) electrons. The Kier molecular flexibility index (Phi) is 5.79. The van der Waals surface area contributed by atoms with Crippen molar-refractivity contribution < 1.29 is 0 Å². The van der Waals surface area contributed by atoms with Crippen LogP contribution in [0.2, 0.25) is 0 Å². The molecule has 0 saturated heterocycles. The molecule has 0 atom stereocenters. The van der Waals surface area contributed by atoms with E-state index in [4.69, 9.17) is 0 Å². The highest BCUT2D eigenvalue weighted by Gasteiger charge is 2.02. The van der Waals surface area contributed by atoms with Crippen molar-refractivity contribution in [2.45, 2.75) is 26.3 Å². The van der Waals surface area contributed by atoms with Gasteiger partial charge in [-0.2, -0.15) is 16.9 Å². The highest BCUT2D eigenvalue weighted by Crippen LogP contribution is 2.03. The van der Waals surface area contributed by atoms with Crippen molar-refractivity contribution in [2.24, 2.45) is 7.05 Å². The van der Waals surface area contributed by atoms with E-state index in [1.54, 1.807) is 0 Å². The van der Waals surface area contributed by atoms with Gasteiger partial charge in [-0.25, -0.2) is 0 Å². The predicted molar refractivity (Wildman–Crippen MR) is 67.3 cm³/mol. The van der Waals surface area contributed by atoms with Crippen LogP contribution < -0.4 is 5.32 Å². The fourth-order valence-electron chi connectivity index (χ4n) is 1.47. The molecule has 3 nitrogen and oxygen atoms in total. The molecular weight excluding hydrogens is 206 g/mol. The molecule has 0 spiro atoms. The lowest BCUT2D eigenvalue weighted by Gasteiger charge is -2.03. The van der Waals surface area contributed by atoms with Crippen molar-refractivity contribution in [3.63, 3.8) is 0 Å². The molecule has 0 aliphatic rings. The zero-order valence-electron chi connectivity index (χ0n) is 9.92. The van der Waals surface area contributed by atoms with Crippen molar-refractivity contribution >= 4 is 11.8 Å². The summed E-state index contributed by atoms with van der Waals surface area (Å²) in [6.07, 6.45) is 4.40. The number of rotatable bonds is 7. The summed E-state index contributed by atoms with van der Waals surface area (Å²) in [5, 5.41) is 7.86. The van der Waals surface area contributed by atoms with Crippen molar-refractivity contribution in [2.75, 3.05) is 18.6 Å². The van der Waals surface area contributed by atoms with Crippen LogP contribution in [0, 0.1) is 0 Å². The van der Waals surface area contributed by atoms with Crippen molar-refractivity contribution in [3.8, 4) is 0 Å². The van der Waals surface area contributed by atoms with Gasteiger partial charge in [0.2, 0.25) is 0 Å². The highest BCUT2D eigenvalue weighted by atomic mass is 32.2. The summed E-state index contributed by atoms with van der Waals surface area (Å²) in [5.74, 6) is 1.23. The summed E-state index contributed by atoms with van der Waals surface area (Å²) in [7, 11) is 2.01. The molecule has 4 heteroatoms. The first-order chi connectivity index (χ1) is 7.27. The van der Waals surface area contributed by atoms with Crippen LogP contribution in [0.5, 0.6) is 0 Å². The second-order valence-corrected chi connectivity index (χ2v) is 4.61. The molecule has 1 heterocycles. The van der Waals surface area contributed by atoms with Crippen molar-refractivity contribution in [3.05, 3.63) is 17.5 Å². The van der Waals surface area contributed by atoms with Crippen molar-refractivity contribution in [1.82, 2.24) is 15.1 Å². The Hall–Kier alpha value is -0.480. The smallest absolute Gasteiger partial charge is 0.0625 e. The number of nitrogens with one attached hydrogen (secondary N) is 1. The molecule has 15 heavy (non-hydrogen) atoms. The standard InChI is InChI=1S/C11H21N3S/c1-4-10-8-11(14(2)13-10)9-12-6-5-7-15-3/h8,12H,4-7,9H2,1-3H3. The first-order valence-corrected chi connectivity index (χ1v) is 6.88. The number of thioether (sulfide) groups is 1. The van der Waals surface area contributed by atoms with Gasteiger partial charge in [0.25, 0.3) is 0 Å². The maximum Gasteiger partial charge on any atom is 0.0625 e. The van der Waals surface area contributed by atoms with E-state index in [0.29, 0.717) is 0 Å². The predicted octanol–water partition coefficient (Wildman–Crippen LogP) is 1.83. The van der Waals surface area contributed by atoms with Gasteiger partial charge >= 0.3 is 0 Å². The van der Waals surface area contributed by atoms with Crippen LogP contribution in [0.1, 0.15) is 24.7 Å². The van der Waals surface area contributed by atoms with Crippen molar-refractivity contribution in [1.29, 1.82) is 0 Å². The molecule has 0 bridgehead atoms. The normalized spacial score (nSPS) is 10.9. The van der Waals surface area contributed by atoms with Crippen LogP contribution in [-0.4, -0.2) is 28.3 Å². The third-order valence-corrected chi connectivity index (χ3v) is 3.09. The van der Waals surface area contributed by atoms with Gasteiger partial charge in [0.05, 0.1) is 11.4 Å². The molecular formula is C11H21N3S. The maximum atomic E-state index is 4.42. The van der Waals surface area contributed by atoms with E-state index < -0.39 is 0 Å². The highest BCUT2D eigenvalue weighted by molar-refractivity contribution is 7.98. The fourth-order valence-corrected chi connectivity index (χ4v) is 1.90. The molecule has 0 fully saturated rings. The molecule has 86 valence electrons. The van der Waals surface area contributed by atoms with E-state index in [0.717, 1.165) is 19.5 Å². The Balaban J connectivity index is 2.27. The summed E-state index contributed by atoms with van der Waals surface area (Å²) in [6.45, 7) is 4.16. The Morgan fingerprint density at radius 1 is 1.53 bits per heavy atom. The van der Waals surface area contributed by atoms with E-state index in [9.17, 15) is 0 Å². The molecule has 1 rings (SSSR count). The largest absolute Gasteiger partial charge is 0.311 e. The van der Waals surface area contributed by atoms with Gasteiger partial charge < -0.3 is 5.32 Å². The lowest BCUT2D eigenvalue weighted by Crippen LogP contribution is -2.17. The number of aryl methyl sites for hydroxylation is 2. The Morgan fingerprint density at radius 2 is 2.33 bits per heavy atom. The number of nitrogens with zero attached hydrogens (tertiary/aromatic N) is 2. The number of aromatic nitrogens is 2. The minimum absolute atomic E-state index is 0.928. The zero-order valence-corrected chi connectivity index (χ0v) is 10.7. The Labute approximate surface area is 96.6 Å². The first kappa shape index (κ1) is 12.6. The van der Waals surface area contributed by atoms with E-state index in [-0.39, 0.29) is 0 Å². The SMILES string of the molecule is CCc1cc(CNCCCSC)n(C)n1. The van der Waals surface area contributed by atoms with Gasteiger partial charge in [-0.3, -0.25) is 4.68 Å². The summed E-state index contributed by atoms with van der Waals surface area (Å²) in [4.78, 5) is 0. The van der Waals surface area contributed by atoms with E-state index >= 15 is 0 Å². The molecule has 0 amide bonds. The molecule has 0 aliphatic carbocycles. The average molecular weight is 227 g/mol. The lowest BCUT2D eigenvalue weighted by atomic mass is 10.3. The Bertz CT molecular complexity index is 283. The van der Waals surface area contributed by atoms with Gasteiger partial charge in [0.1, 0.15) is 0 Å². The molecule has 1 aromatic rings. The summed E-state index contributed by atoms with van der Waals surface area (Å²) in [6, 6.07) is 2.18. The average Bonchev–Trinajstić information content (AvgIpc) is 2.59. The zero-order chi connectivity index (χ0) is 11.1. The Morgan fingerprint density at radius 3 is 2.93 bits per heavy atom. The molecule has 1 N–H and O–H groups in total. The van der Waals surface area contributed by atoms with E-state index in [2.05, 4.69) is 29.7 Å². The van der Waals surface area contributed by atoms with Crippen LogP contribution in [-0.2, 0) is 20.0 Å². The third-order valence-electron chi connectivity index (χ3n) is 2.40. The van der Waals surface area contributed by atoms with Crippen LogP contribution in [0.15, 0.2) is 6.07 Å². The second-order valence-electron chi connectivity index (χ2n) is 3.63. The topological polar surface area (TPSA) is 29.9 Å². The minimum atomic E-state index is 0.928. The fraction of sp³-hybridized carbons (Fsp3) is 0.727. The van der Waals surface area contributed by atoms with Crippen LogP contribution >= 0.6 is 11.8 Å². The molecule has 1 aromatic heterocycles. The quantitative estimate of drug-likeness (QED) is 0.721.